The molecule has 0 aliphatic carbocycles. The summed E-state index contributed by atoms with van der Waals surface area (Å²) >= 11 is 1.44. The third-order valence-corrected chi connectivity index (χ3v) is 5.56. The highest BCUT2D eigenvalue weighted by atomic mass is 32.1. The summed E-state index contributed by atoms with van der Waals surface area (Å²) in [6.45, 7) is 5.96. The molecular weight excluding hydrogens is 353 g/mol. The zero-order chi connectivity index (χ0) is 18.7. The van der Waals surface area contributed by atoms with Crippen molar-refractivity contribution in [3.8, 4) is 0 Å². The van der Waals surface area contributed by atoms with Gasteiger partial charge in [-0.2, -0.15) is 0 Å². The molecule has 1 aromatic heterocycles. The summed E-state index contributed by atoms with van der Waals surface area (Å²) in [7, 11) is 0. The molecule has 0 saturated carbocycles. The quantitative estimate of drug-likeness (QED) is 0.894. The van der Waals surface area contributed by atoms with Gasteiger partial charge in [0.05, 0.1) is 10.9 Å². The minimum absolute atomic E-state index is 0.0480. The fourth-order valence-electron chi connectivity index (χ4n) is 2.95. The number of thiophene rings is 1. The van der Waals surface area contributed by atoms with E-state index < -0.39 is 0 Å². The molecule has 1 aliphatic heterocycles. The second-order valence-electron chi connectivity index (χ2n) is 6.43. The molecule has 1 N–H and O–H groups in total. The number of piperazine rings is 1. The second kappa shape index (κ2) is 7.97. The normalized spacial score (nSPS) is 16.3. The predicted octanol–water partition coefficient (Wildman–Crippen LogP) is 2.98. The molecule has 138 valence electrons. The van der Waals surface area contributed by atoms with Gasteiger partial charge in [0, 0.05) is 31.9 Å². The molecule has 1 atom stereocenters. The Morgan fingerprint density at radius 1 is 1.19 bits per heavy atom. The van der Waals surface area contributed by atoms with E-state index in [4.69, 9.17) is 0 Å². The largest absolute Gasteiger partial charge is 0.335 e. The Morgan fingerprint density at radius 3 is 2.54 bits per heavy atom. The first-order valence-electron chi connectivity index (χ1n) is 8.59. The van der Waals surface area contributed by atoms with Gasteiger partial charge in [-0.25, -0.2) is 4.39 Å². The van der Waals surface area contributed by atoms with E-state index in [0.717, 1.165) is 4.88 Å². The van der Waals surface area contributed by atoms with E-state index in [1.54, 1.807) is 19.1 Å². The Bertz CT molecular complexity index is 786. The van der Waals surface area contributed by atoms with E-state index >= 15 is 0 Å². The average Bonchev–Trinajstić information content (AvgIpc) is 3.18. The second-order valence-corrected chi connectivity index (χ2v) is 7.38. The summed E-state index contributed by atoms with van der Waals surface area (Å²) in [6.07, 6.45) is 0. The minimum atomic E-state index is -0.349. The molecule has 2 heterocycles. The number of amides is 2. The van der Waals surface area contributed by atoms with Gasteiger partial charge < -0.3 is 10.2 Å². The van der Waals surface area contributed by atoms with Crippen LogP contribution in [-0.4, -0.2) is 53.8 Å². The van der Waals surface area contributed by atoms with Gasteiger partial charge in [0.1, 0.15) is 5.82 Å². The Kier molecular flexibility index (Phi) is 5.68. The van der Waals surface area contributed by atoms with Crippen LogP contribution < -0.4 is 5.32 Å². The average molecular weight is 375 g/mol. The summed E-state index contributed by atoms with van der Waals surface area (Å²) < 4.78 is 13.6. The number of anilines is 1. The number of nitrogens with one attached hydrogen (secondary N) is 1. The number of aryl methyl sites for hydroxylation is 1. The highest BCUT2D eigenvalue weighted by molar-refractivity contribution is 7.12. The molecule has 26 heavy (non-hydrogen) atoms. The maximum atomic E-state index is 13.6. The Labute approximate surface area is 156 Å². The summed E-state index contributed by atoms with van der Waals surface area (Å²) in [5.41, 5.74) is 0.999. The first kappa shape index (κ1) is 18.5. The van der Waals surface area contributed by atoms with Gasteiger partial charge in [-0.1, -0.05) is 12.1 Å². The number of hydrogen-bond acceptors (Lipinski definition) is 4. The van der Waals surface area contributed by atoms with Crippen molar-refractivity contribution in [2.45, 2.75) is 19.9 Å². The van der Waals surface area contributed by atoms with Crippen LogP contribution in [0.25, 0.3) is 0 Å². The van der Waals surface area contributed by atoms with Crippen LogP contribution in [0.2, 0.25) is 0 Å². The fraction of sp³-hybridized carbons (Fsp3) is 0.368. The first-order valence-corrected chi connectivity index (χ1v) is 9.47. The highest BCUT2D eigenvalue weighted by Gasteiger charge is 2.28. The third-order valence-electron chi connectivity index (χ3n) is 4.70. The van der Waals surface area contributed by atoms with Gasteiger partial charge in [-0.3, -0.25) is 14.5 Å². The number of rotatable bonds is 4. The topological polar surface area (TPSA) is 52.7 Å². The lowest BCUT2D eigenvalue weighted by atomic mass is 10.2. The molecule has 2 amide bonds. The van der Waals surface area contributed by atoms with Crippen molar-refractivity contribution in [1.82, 2.24) is 9.80 Å². The van der Waals surface area contributed by atoms with E-state index in [0.29, 0.717) is 37.4 Å². The lowest BCUT2D eigenvalue weighted by Crippen LogP contribution is -2.53. The SMILES string of the molecule is Cc1ccc(NC(=O)[C@H](C)N2CCN(C(=O)c3cccs3)CC2)cc1F. The van der Waals surface area contributed by atoms with Crippen molar-refractivity contribution in [1.29, 1.82) is 0 Å². The van der Waals surface area contributed by atoms with Crippen LogP contribution in [0.3, 0.4) is 0 Å². The highest BCUT2D eigenvalue weighted by Crippen LogP contribution is 2.17. The standard InChI is InChI=1S/C19H22FN3O2S/c1-13-5-6-15(12-16(13)20)21-18(24)14(2)22-7-9-23(10-8-22)19(25)17-4-3-11-26-17/h3-6,11-12,14H,7-10H2,1-2H3,(H,21,24)/t14-/m0/s1. The summed E-state index contributed by atoms with van der Waals surface area (Å²) in [4.78, 5) is 29.4. The Morgan fingerprint density at radius 2 is 1.92 bits per heavy atom. The maximum Gasteiger partial charge on any atom is 0.264 e. The molecule has 1 aliphatic rings. The van der Waals surface area contributed by atoms with E-state index in [-0.39, 0.29) is 23.7 Å². The van der Waals surface area contributed by atoms with Crippen molar-refractivity contribution < 1.29 is 14.0 Å². The molecule has 2 aromatic rings. The van der Waals surface area contributed by atoms with Crippen LogP contribution in [0.15, 0.2) is 35.7 Å². The number of halogens is 1. The molecule has 1 fully saturated rings. The summed E-state index contributed by atoms with van der Waals surface area (Å²) in [5, 5.41) is 4.66. The molecule has 5 nitrogen and oxygen atoms in total. The molecule has 0 radical (unpaired) electrons. The molecule has 1 saturated heterocycles. The maximum absolute atomic E-state index is 13.6. The van der Waals surface area contributed by atoms with Gasteiger partial charge >= 0.3 is 0 Å². The third kappa shape index (κ3) is 4.11. The lowest BCUT2D eigenvalue weighted by Gasteiger charge is -2.37. The zero-order valence-corrected chi connectivity index (χ0v) is 15.7. The zero-order valence-electron chi connectivity index (χ0n) is 14.9. The van der Waals surface area contributed by atoms with Gasteiger partial charge in [0.2, 0.25) is 5.91 Å². The monoisotopic (exact) mass is 375 g/mol. The summed E-state index contributed by atoms with van der Waals surface area (Å²) in [5.74, 6) is -0.464. The van der Waals surface area contributed by atoms with Crippen LogP contribution in [0.1, 0.15) is 22.2 Å². The first-order chi connectivity index (χ1) is 12.5. The lowest BCUT2D eigenvalue weighted by molar-refractivity contribution is -0.121. The van der Waals surface area contributed by atoms with E-state index in [9.17, 15) is 14.0 Å². The van der Waals surface area contributed by atoms with Gasteiger partial charge in [0.25, 0.3) is 5.91 Å². The number of hydrogen-bond donors (Lipinski definition) is 1. The smallest absolute Gasteiger partial charge is 0.264 e. The molecule has 1 aromatic carbocycles. The molecule has 0 spiro atoms. The van der Waals surface area contributed by atoms with E-state index in [2.05, 4.69) is 5.32 Å². The molecule has 0 bridgehead atoms. The molecule has 0 unspecified atom stereocenters. The van der Waals surface area contributed by atoms with Gasteiger partial charge in [-0.05, 0) is 43.0 Å². The fourth-order valence-corrected chi connectivity index (χ4v) is 3.64. The van der Waals surface area contributed by atoms with Crippen LogP contribution >= 0.6 is 11.3 Å². The number of carbonyl (C=O) groups excluding carboxylic acids is 2. The van der Waals surface area contributed by atoms with Crippen molar-refractivity contribution in [3.63, 3.8) is 0 Å². The predicted molar refractivity (Wildman–Crippen MR) is 101 cm³/mol. The van der Waals surface area contributed by atoms with Gasteiger partial charge in [0.15, 0.2) is 0 Å². The molecule has 3 rings (SSSR count). The Balaban J connectivity index is 1.54. The Hall–Kier alpha value is -2.25. The van der Waals surface area contributed by atoms with Crippen molar-refractivity contribution in [3.05, 3.63) is 52.0 Å². The van der Waals surface area contributed by atoms with Crippen LogP contribution in [0, 0.1) is 12.7 Å². The number of nitrogens with zero attached hydrogens (tertiary/aromatic N) is 2. The molecular formula is C19H22FN3O2S. The van der Waals surface area contributed by atoms with Crippen molar-refractivity contribution in [2.24, 2.45) is 0 Å². The van der Waals surface area contributed by atoms with E-state index in [1.165, 1.54) is 17.4 Å². The van der Waals surface area contributed by atoms with Crippen LogP contribution in [0.4, 0.5) is 10.1 Å². The van der Waals surface area contributed by atoms with Crippen LogP contribution in [0.5, 0.6) is 0 Å². The number of carbonyl (C=O) groups is 2. The van der Waals surface area contributed by atoms with Crippen molar-refractivity contribution in [2.75, 3.05) is 31.5 Å². The van der Waals surface area contributed by atoms with Crippen LogP contribution in [-0.2, 0) is 4.79 Å². The molecule has 7 heteroatoms. The van der Waals surface area contributed by atoms with E-state index in [1.807, 2.05) is 34.2 Å². The minimum Gasteiger partial charge on any atom is -0.335 e. The summed E-state index contributed by atoms with van der Waals surface area (Å²) in [6, 6.07) is 8.02. The van der Waals surface area contributed by atoms with Crippen molar-refractivity contribution >= 4 is 28.8 Å². The number of benzene rings is 1. The van der Waals surface area contributed by atoms with Gasteiger partial charge in [-0.15, -0.1) is 11.3 Å².